The van der Waals surface area contributed by atoms with Gasteiger partial charge in [-0.25, -0.2) is 4.79 Å². The number of nitrogens with one attached hydrogen (secondary N) is 1. The zero-order valence-electron chi connectivity index (χ0n) is 12.2. The number of amides is 1. The maximum absolute atomic E-state index is 12.4. The van der Waals surface area contributed by atoms with E-state index in [-0.39, 0.29) is 18.2 Å². The van der Waals surface area contributed by atoms with Gasteiger partial charge in [0.05, 0.1) is 5.92 Å². The molecule has 0 fully saturated rings. The maximum atomic E-state index is 12.4. The molecular formula is C16H21NO4. The van der Waals surface area contributed by atoms with E-state index in [1.54, 1.807) is 0 Å². The highest BCUT2D eigenvalue weighted by Crippen LogP contribution is 2.31. The number of aryl methyl sites for hydroxylation is 1. The van der Waals surface area contributed by atoms with Crippen LogP contribution >= 0.6 is 0 Å². The van der Waals surface area contributed by atoms with Crippen LogP contribution in [-0.4, -0.2) is 36.7 Å². The normalized spacial score (nSPS) is 18.6. The van der Waals surface area contributed by atoms with Crippen LogP contribution in [-0.2, 0) is 20.7 Å². The molecule has 2 N–H and O–H groups in total. The SMILES string of the molecule is COCCC(NC(=O)C1CCCc2ccccc21)C(=O)O. The lowest BCUT2D eigenvalue weighted by Gasteiger charge is -2.26. The Hall–Kier alpha value is -1.88. The Bertz CT molecular complexity index is 515. The monoisotopic (exact) mass is 291 g/mol. The van der Waals surface area contributed by atoms with Crippen LogP contribution in [0, 0.1) is 0 Å². The van der Waals surface area contributed by atoms with Gasteiger partial charge in [0.2, 0.25) is 5.91 Å². The molecular weight excluding hydrogens is 270 g/mol. The Morgan fingerprint density at radius 1 is 1.43 bits per heavy atom. The van der Waals surface area contributed by atoms with Gasteiger partial charge in [0.15, 0.2) is 0 Å². The third kappa shape index (κ3) is 3.82. The molecule has 1 aromatic rings. The van der Waals surface area contributed by atoms with Crippen molar-refractivity contribution in [2.45, 2.75) is 37.6 Å². The third-order valence-corrected chi connectivity index (χ3v) is 3.91. The van der Waals surface area contributed by atoms with Crippen LogP contribution in [0.2, 0.25) is 0 Å². The second-order valence-corrected chi connectivity index (χ2v) is 5.32. The highest BCUT2D eigenvalue weighted by molar-refractivity contribution is 5.88. The van der Waals surface area contributed by atoms with E-state index in [0.29, 0.717) is 6.61 Å². The number of carbonyl (C=O) groups is 2. The lowest BCUT2D eigenvalue weighted by atomic mass is 9.82. The quantitative estimate of drug-likeness (QED) is 0.836. The number of fused-ring (bicyclic) bond motifs is 1. The fourth-order valence-electron chi connectivity index (χ4n) is 2.79. The molecule has 2 rings (SSSR count). The summed E-state index contributed by atoms with van der Waals surface area (Å²) in [6, 6.07) is 6.99. The molecule has 0 aromatic heterocycles. The zero-order valence-corrected chi connectivity index (χ0v) is 12.2. The summed E-state index contributed by atoms with van der Waals surface area (Å²) in [6.45, 7) is 0.304. The molecule has 0 saturated heterocycles. The number of ether oxygens (including phenoxy) is 1. The summed E-state index contributed by atoms with van der Waals surface area (Å²) >= 11 is 0. The van der Waals surface area contributed by atoms with Gasteiger partial charge in [-0.1, -0.05) is 24.3 Å². The predicted octanol–water partition coefficient (Wildman–Crippen LogP) is 1.71. The number of carboxylic acids is 1. The lowest BCUT2D eigenvalue weighted by Crippen LogP contribution is -2.44. The number of carboxylic acid groups (broad SMARTS) is 1. The second kappa shape index (κ2) is 7.22. The number of methoxy groups -OCH3 is 1. The topological polar surface area (TPSA) is 75.6 Å². The van der Waals surface area contributed by atoms with Gasteiger partial charge >= 0.3 is 5.97 Å². The largest absolute Gasteiger partial charge is 0.480 e. The summed E-state index contributed by atoms with van der Waals surface area (Å²) in [4.78, 5) is 23.6. The number of hydrogen-bond donors (Lipinski definition) is 2. The molecule has 1 aliphatic carbocycles. The van der Waals surface area contributed by atoms with Crippen LogP contribution in [0.25, 0.3) is 0 Å². The first kappa shape index (κ1) is 15.5. The van der Waals surface area contributed by atoms with E-state index in [9.17, 15) is 14.7 Å². The smallest absolute Gasteiger partial charge is 0.326 e. The van der Waals surface area contributed by atoms with Crippen LogP contribution in [0.15, 0.2) is 24.3 Å². The number of benzene rings is 1. The molecule has 2 atom stereocenters. The molecule has 0 radical (unpaired) electrons. The minimum absolute atomic E-state index is 0.203. The average molecular weight is 291 g/mol. The second-order valence-electron chi connectivity index (χ2n) is 5.32. The van der Waals surface area contributed by atoms with Crippen molar-refractivity contribution in [1.29, 1.82) is 0 Å². The van der Waals surface area contributed by atoms with E-state index < -0.39 is 12.0 Å². The van der Waals surface area contributed by atoms with E-state index in [2.05, 4.69) is 5.32 Å². The lowest BCUT2D eigenvalue weighted by molar-refractivity contribution is -0.142. The highest BCUT2D eigenvalue weighted by Gasteiger charge is 2.29. The van der Waals surface area contributed by atoms with Crippen LogP contribution in [0.4, 0.5) is 0 Å². The maximum Gasteiger partial charge on any atom is 0.326 e. The molecule has 0 spiro atoms. The molecule has 5 heteroatoms. The summed E-state index contributed by atoms with van der Waals surface area (Å²) in [7, 11) is 1.51. The molecule has 0 bridgehead atoms. The predicted molar refractivity (Wildman–Crippen MR) is 78.2 cm³/mol. The van der Waals surface area contributed by atoms with Crippen molar-refractivity contribution in [3.05, 3.63) is 35.4 Å². The number of rotatable bonds is 6. The number of aliphatic carboxylic acids is 1. The van der Waals surface area contributed by atoms with Gasteiger partial charge in [-0.05, 0) is 30.4 Å². The van der Waals surface area contributed by atoms with Crippen molar-refractivity contribution in [2.24, 2.45) is 0 Å². The first-order valence-corrected chi connectivity index (χ1v) is 7.23. The van der Waals surface area contributed by atoms with E-state index in [0.717, 1.165) is 24.8 Å². The van der Waals surface area contributed by atoms with Crippen molar-refractivity contribution in [1.82, 2.24) is 5.32 Å². The Labute approximate surface area is 124 Å². The summed E-state index contributed by atoms with van der Waals surface area (Å²) in [5.41, 5.74) is 2.21. The standard InChI is InChI=1S/C16H21NO4/c1-21-10-9-14(16(19)20)17-15(18)13-8-4-6-11-5-2-3-7-12(11)13/h2-3,5,7,13-14H,4,6,8-10H2,1H3,(H,17,18)(H,19,20). The average Bonchev–Trinajstić information content (AvgIpc) is 2.50. The number of carbonyl (C=O) groups excluding carboxylic acids is 1. The molecule has 2 unspecified atom stereocenters. The van der Waals surface area contributed by atoms with Crippen LogP contribution in [0.1, 0.15) is 36.3 Å². The minimum atomic E-state index is -1.02. The Balaban J connectivity index is 2.08. The van der Waals surface area contributed by atoms with Crippen molar-refractivity contribution in [2.75, 3.05) is 13.7 Å². The third-order valence-electron chi connectivity index (χ3n) is 3.91. The van der Waals surface area contributed by atoms with Gasteiger partial charge in [0, 0.05) is 20.1 Å². The summed E-state index contributed by atoms with van der Waals surface area (Å²) in [6.07, 6.45) is 2.96. The fourth-order valence-corrected chi connectivity index (χ4v) is 2.79. The zero-order chi connectivity index (χ0) is 15.2. The fraction of sp³-hybridized carbons (Fsp3) is 0.500. The Kier molecular flexibility index (Phi) is 5.33. The first-order valence-electron chi connectivity index (χ1n) is 7.23. The summed E-state index contributed by atoms with van der Waals surface area (Å²) < 4.78 is 4.89. The molecule has 1 aliphatic rings. The van der Waals surface area contributed by atoms with Crippen molar-refractivity contribution < 1.29 is 19.4 Å². The van der Waals surface area contributed by atoms with Crippen molar-refractivity contribution >= 4 is 11.9 Å². The van der Waals surface area contributed by atoms with E-state index in [1.165, 1.54) is 12.7 Å². The van der Waals surface area contributed by atoms with Crippen LogP contribution in [0.3, 0.4) is 0 Å². The van der Waals surface area contributed by atoms with Crippen LogP contribution < -0.4 is 5.32 Å². The molecule has 21 heavy (non-hydrogen) atoms. The van der Waals surface area contributed by atoms with Gasteiger partial charge < -0.3 is 15.2 Å². The van der Waals surface area contributed by atoms with Crippen molar-refractivity contribution in [3.8, 4) is 0 Å². The summed E-state index contributed by atoms with van der Waals surface area (Å²) in [5, 5.41) is 11.8. The highest BCUT2D eigenvalue weighted by atomic mass is 16.5. The summed E-state index contributed by atoms with van der Waals surface area (Å²) in [5.74, 6) is -1.48. The molecule has 1 aromatic carbocycles. The van der Waals surface area contributed by atoms with E-state index >= 15 is 0 Å². The van der Waals surface area contributed by atoms with Gasteiger partial charge in [-0.3, -0.25) is 4.79 Å². The van der Waals surface area contributed by atoms with E-state index in [1.807, 2.05) is 24.3 Å². The molecule has 0 heterocycles. The molecule has 1 amide bonds. The van der Waals surface area contributed by atoms with Gasteiger partial charge in [0.1, 0.15) is 6.04 Å². The van der Waals surface area contributed by atoms with Gasteiger partial charge in [-0.15, -0.1) is 0 Å². The molecule has 0 saturated carbocycles. The van der Waals surface area contributed by atoms with E-state index in [4.69, 9.17) is 4.74 Å². The van der Waals surface area contributed by atoms with Crippen LogP contribution in [0.5, 0.6) is 0 Å². The van der Waals surface area contributed by atoms with Crippen molar-refractivity contribution in [3.63, 3.8) is 0 Å². The number of hydrogen-bond acceptors (Lipinski definition) is 3. The molecule has 0 aliphatic heterocycles. The minimum Gasteiger partial charge on any atom is -0.480 e. The molecule has 114 valence electrons. The molecule has 5 nitrogen and oxygen atoms in total. The van der Waals surface area contributed by atoms with Gasteiger partial charge in [-0.2, -0.15) is 0 Å². The Morgan fingerprint density at radius 3 is 2.90 bits per heavy atom. The van der Waals surface area contributed by atoms with Gasteiger partial charge in [0.25, 0.3) is 0 Å². The first-order chi connectivity index (χ1) is 10.1. The Morgan fingerprint density at radius 2 is 2.19 bits per heavy atom.